The van der Waals surface area contributed by atoms with Crippen LogP contribution in [0, 0.1) is 6.92 Å². The van der Waals surface area contributed by atoms with Crippen LogP contribution in [0.4, 0.5) is 0 Å². The minimum atomic E-state index is -0.886. The number of hydrogen-bond acceptors (Lipinski definition) is 2. The van der Waals surface area contributed by atoms with Crippen molar-refractivity contribution in [2.45, 2.75) is 19.1 Å². The predicted octanol–water partition coefficient (Wildman–Crippen LogP) is 4.45. The Hall–Kier alpha value is -2.42. The molecule has 2 unspecified atom stereocenters. The first-order chi connectivity index (χ1) is 11.2. The number of aryl methyl sites for hydroxylation is 1. The van der Waals surface area contributed by atoms with Crippen LogP contribution in [0.2, 0.25) is 0 Å². The first-order valence-corrected chi connectivity index (χ1v) is 7.66. The number of hydrogen-bond donors (Lipinski definition) is 2. The molecule has 3 aromatic carbocycles. The summed E-state index contributed by atoms with van der Waals surface area (Å²) in [6.07, 6.45) is -1.77. The average Bonchev–Trinajstić information content (AvgIpc) is 2.63. The van der Waals surface area contributed by atoms with Crippen LogP contribution in [0.25, 0.3) is 0 Å². The van der Waals surface area contributed by atoms with Crippen LogP contribution in [-0.2, 0) is 0 Å². The zero-order valence-corrected chi connectivity index (χ0v) is 13.2. The average molecular weight is 306 g/mol. The number of aliphatic hydroxyl groups excluding tert-OH is 2. The molecule has 0 bridgehead atoms. The predicted molar refractivity (Wildman–Crippen MR) is 94.0 cm³/mol. The topological polar surface area (TPSA) is 40.5 Å². The zero-order chi connectivity index (χ0) is 16.5. The van der Waals surface area contributed by atoms with Gasteiger partial charge in [0.25, 0.3) is 0 Å². The molecule has 0 saturated carbocycles. The summed E-state index contributed by atoms with van der Waals surface area (Å²) in [6, 6.07) is 28.6. The maximum absolute atomic E-state index is 9.99. The fraction of sp³-hybridized carbons (Fsp3) is 0.143. The van der Waals surface area contributed by atoms with Crippen molar-refractivity contribution in [2.75, 3.05) is 0 Å². The van der Waals surface area contributed by atoms with E-state index in [-0.39, 0.29) is 0 Å². The van der Waals surface area contributed by atoms with Gasteiger partial charge in [0.05, 0.1) is 0 Å². The van der Waals surface area contributed by atoms with Gasteiger partial charge in [0.2, 0.25) is 0 Å². The lowest BCUT2D eigenvalue weighted by Gasteiger charge is -2.18. The molecule has 0 heterocycles. The molecular formula is C21H22O2. The Balaban J connectivity index is 0.000000229. The molecule has 0 fully saturated rings. The van der Waals surface area contributed by atoms with E-state index in [1.807, 2.05) is 54.6 Å². The highest BCUT2D eigenvalue weighted by atomic mass is 16.3. The van der Waals surface area contributed by atoms with Crippen LogP contribution in [0.5, 0.6) is 0 Å². The Kier molecular flexibility index (Phi) is 6.55. The van der Waals surface area contributed by atoms with Gasteiger partial charge in [-0.3, -0.25) is 0 Å². The Morgan fingerprint density at radius 3 is 1.09 bits per heavy atom. The van der Waals surface area contributed by atoms with Gasteiger partial charge in [-0.25, -0.2) is 0 Å². The van der Waals surface area contributed by atoms with Crippen molar-refractivity contribution < 1.29 is 10.2 Å². The van der Waals surface area contributed by atoms with E-state index in [0.29, 0.717) is 0 Å². The van der Waals surface area contributed by atoms with Gasteiger partial charge in [0.1, 0.15) is 12.2 Å². The summed E-state index contributed by atoms with van der Waals surface area (Å²) in [7, 11) is 0. The highest BCUT2D eigenvalue weighted by molar-refractivity contribution is 5.24. The van der Waals surface area contributed by atoms with Gasteiger partial charge in [0, 0.05) is 0 Å². The van der Waals surface area contributed by atoms with Crippen molar-refractivity contribution in [3.63, 3.8) is 0 Å². The molecule has 118 valence electrons. The monoisotopic (exact) mass is 306 g/mol. The fourth-order valence-electron chi connectivity index (χ4n) is 2.20. The van der Waals surface area contributed by atoms with Gasteiger partial charge in [-0.2, -0.15) is 0 Å². The van der Waals surface area contributed by atoms with Crippen molar-refractivity contribution in [1.82, 2.24) is 0 Å². The summed E-state index contributed by atoms with van der Waals surface area (Å²) in [6.45, 7) is 2.08. The number of benzene rings is 3. The maximum atomic E-state index is 9.99. The maximum Gasteiger partial charge on any atom is 0.109 e. The molecule has 0 aliphatic heterocycles. The summed E-state index contributed by atoms with van der Waals surface area (Å²) in [5, 5.41) is 20.0. The molecule has 2 atom stereocenters. The molecule has 2 nitrogen and oxygen atoms in total. The van der Waals surface area contributed by atoms with Crippen LogP contribution < -0.4 is 0 Å². The van der Waals surface area contributed by atoms with Crippen molar-refractivity contribution in [2.24, 2.45) is 0 Å². The van der Waals surface area contributed by atoms with E-state index in [4.69, 9.17) is 0 Å². The van der Waals surface area contributed by atoms with Crippen molar-refractivity contribution in [3.8, 4) is 0 Å². The van der Waals surface area contributed by atoms with E-state index < -0.39 is 12.2 Å². The van der Waals surface area contributed by atoms with Gasteiger partial charge in [0.15, 0.2) is 0 Å². The Labute approximate surface area is 137 Å². The smallest absolute Gasteiger partial charge is 0.109 e. The number of aliphatic hydroxyl groups is 2. The second-order valence-electron chi connectivity index (χ2n) is 5.37. The molecular weight excluding hydrogens is 284 g/mol. The van der Waals surface area contributed by atoms with Gasteiger partial charge in [-0.1, -0.05) is 96.6 Å². The molecule has 3 aromatic rings. The molecule has 0 amide bonds. The fourth-order valence-corrected chi connectivity index (χ4v) is 2.20. The van der Waals surface area contributed by atoms with Gasteiger partial charge < -0.3 is 10.2 Å². The van der Waals surface area contributed by atoms with E-state index in [1.54, 1.807) is 24.3 Å². The van der Waals surface area contributed by atoms with E-state index >= 15 is 0 Å². The third-order valence-electron chi connectivity index (χ3n) is 3.52. The van der Waals surface area contributed by atoms with Gasteiger partial charge in [-0.15, -0.1) is 0 Å². The molecule has 0 saturated heterocycles. The van der Waals surface area contributed by atoms with Crippen molar-refractivity contribution >= 4 is 0 Å². The van der Waals surface area contributed by atoms with E-state index in [2.05, 4.69) is 19.1 Å². The second-order valence-corrected chi connectivity index (χ2v) is 5.37. The lowest BCUT2D eigenvalue weighted by atomic mass is 9.99. The Morgan fingerprint density at radius 2 is 0.826 bits per heavy atom. The molecule has 3 rings (SSSR count). The van der Waals surface area contributed by atoms with Crippen LogP contribution in [0.3, 0.4) is 0 Å². The molecule has 0 spiro atoms. The number of rotatable bonds is 3. The largest absolute Gasteiger partial charge is 0.385 e. The van der Waals surface area contributed by atoms with E-state index in [9.17, 15) is 10.2 Å². The third kappa shape index (κ3) is 5.37. The van der Waals surface area contributed by atoms with Crippen LogP contribution in [0.15, 0.2) is 91.0 Å². The SMILES string of the molecule is Cc1ccccc1.OC(c1ccccc1)C(O)c1ccccc1. The zero-order valence-electron chi connectivity index (χ0n) is 13.2. The van der Waals surface area contributed by atoms with Crippen LogP contribution in [-0.4, -0.2) is 10.2 Å². The molecule has 23 heavy (non-hydrogen) atoms. The van der Waals surface area contributed by atoms with Crippen LogP contribution >= 0.6 is 0 Å². The van der Waals surface area contributed by atoms with Crippen molar-refractivity contribution in [3.05, 3.63) is 108 Å². The summed E-state index contributed by atoms with van der Waals surface area (Å²) in [5.41, 5.74) is 2.76. The Bertz CT molecular complexity index is 622. The standard InChI is InChI=1S/C14H14O2.C7H8/c15-13(11-7-3-1-4-8-11)14(16)12-9-5-2-6-10-12;1-7-5-3-2-4-6-7/h1-10,13-16H;2-6H,1H3. The molecule has 2 heteroatoms. The summed E-state index contributed by atoms with van der Waals surface area (Å²) < 4.78 is 0. The molecule has 0 aliphatic rings. The molecule has 0 aliphatic carbocycles. The molecule has 0 radical (unpaired) electrons. The normalized spacial score (nSPS) is 12.7. The van der Waals surface area contributed by atoms with Crippen molar-refractivity contribution in [1.29, 1.82) is 0 Å². The second kappa shape index (κ2) is 8.89. The molecule has 2 N–H and O–H groups in total. The lowest BCUT2D eigenvalue weighted by molar-refractivity contribution is 0.0172. The van der Waals surface area contributed by atoms with Gasteiger partial charge >= 0.3 is 0 Å². The first kappa shape index (κ1) is 16.9. The minimum Gasteiger partial charge on any atom is -0.385 e. The van der Waals surface area contributed by atoms with E-state index in [1.165, 1.54) is 5.56 Å². The summed E-state index contributed by atoms with van der Waals surface area (Å²) in [5.74, 6) is 0. The lowest BCUT2D eigenvalue weighted by Crippen LogP contribution is -2.09. The first-order valence-electron chi connectivity index (χ1n) is 7.66. The third-order valence-corrected chi connectivity index (χ3v) is 3.52. The van der Waals surface area contributed by atoms with Crippen LogP contribution in [0.1, 0.15) is 28.9 Å². The Morgan fingerprint density at radius 1 is 0.522 bits per heavy atom. The van der Waals surface area contributed by atoms with Gasteiger partial charge in [-0.05, 0) is 18.1 Å². The summed E-state index contributed by atoms with van der Waals surface area (Å²) >= 11 is 0. The minimum absolute atomic E-state index is 0.721. The van der Waals surface area contributed by atoms with E-state index in [0.717, 1.165) is 11.1 Å². The highest BCUT2D eigenvalue weighted by Gasteiger charge is 2.19. The quantitative estimate of drug-likeness (QED) is 0.750. The highest BCUT2D eigenvalue weighted by Crippen LogP contribution is 2.27. The molecule has 0 aromatic heterocycles. The summed E-state index contributed by atoms with van der Waals surface area (Å²) in [4.78, 5) is 0.